The normalized spacial score (nSPS) is 27.8. The third-order valence-electron chi connectivity index (χ3n) is 5.55. The smallest absolute Gasteiger partial charge is 0.444 e. The second-order valence-corrected chi connectivity index (χ2v) is 10.3. The zero-order valence-electron chi connectivity index (χ0n) is 16.9. The average molecular weight is 379 g/mol. The zero-order chi connectivity index (χ0) is 19.3. The van der Waals surface area contributed by atoms with Crippen LogP contribution in [0.15, 0.2) is 17.5 Å². The van der Waals surface area contributed by atoms with Gasteiger partial charge in [0.05, 0.1) is 11.2 Å². The van der Waals surface area contributed by atoms with E-state index in [-0.39, 0.29) is 36.1 Å². The summed E-state index contributed by atoms with van der Waals surface area (Å²) < 4.78 is 18.2. The molecule has 0 saturated carbocycles. The van der Waals surface area contributed by atoms with Crippen molar-refractivity contribution in [2.75, 3.05) is 13.1 Å². The third-order valence-corrected chi connectivity index (χ3v) is 6.55. The van der Waals surface area contributed by atoms with Crippen LogP contribution in [0.1, 0.15) is 59.3 Å². The summed E-state index contributed by atoms with van der Waals surface area (Å²) in [6, 6.07) is 4.18. The van der Waals surface area contributed by atoms with Gasteiger partial charge in [0.2, 0.25) is 0 Å². The maximum absolute atomic E-state index is 12.6. The number of rotatable bonds is 2. The highest BCUT2D eigenvalue weighted by Gasteiger charge is 2.57. The molecule has 2 fully saturated rings. The van der Waals surface area contributed by atoms with Crippen molar-refractivity contribution in [3.8, 4) is 0 Å². The van der Waals surface area contributed by atoms with Crippen molar-refractivity contribution in [3.63, 3.8) is 0 Å². The van der Waals surface area contributed by atoms with Crippen molar-refractivity contribution in [1.29, 1.82) is 0 Å². The van der Waals surface area contributed by atoms with Gasteiger partial charge in [-0.3, -0.25) is 0 Å². The van der Waals surface area contributed by atoms with Crippen LogP contribution in [0.3, 0.4) is 0 Å². The Hall–Kier alpha value is -1.05. The summed E-state index contributed by atoms with van der Waals surface area (Å²) in [4.78, 5) is 15.7. The highest BCUT2D eigenvalue weighted by molar-refractivity contribution is 7.10. The van der Waals surface area contributed by atoms with Crippen LogP contribution in [0.25, 0.3) is 0 Å². The molecule has 2 unspecified atom stereocenters. The number of carbonyl (C=O) groups is 1. The number of carbonyl (C=O) groups excluding carboxylic acids is 1. The molecule has 3 heterocycles. The van der Waals surface area contributed by atoms with Crippen LogP contribution in [-0.2, 0) is 14.0 Å². The lowest BCUT2D eigenvalue weighted by atomic mass is 9.66. The number of ether oxygens (including phenoxy) is 1. The van der Waals surface area contributed by atoms with E-state index in [0.29, 0.717) is 13.1 Å². The molecule has 26 heavy (non-hydrogen) atoms. The maximum Gasteiger partial charge on any atom is 0.463 e. The van der Waals surface area contributed by atoms with Crippen LogP contribution < -0.4 is 0 Å². The molecule has 0 aromatic carbocycles. The Labute approximate surface area is 161 Å². The highest BCUT2D eigenvalue weighted by atomic mass is 32.1. The molecule has 144 valence electrons. The molecule has 0 spiro atoms. The Morgan fingerprint density at radius 1 is 1.23 bits per heavy atom. The van der Waals surface area contributed by atoms with Crippen LogP contribution in [0, 0.1) is 0 Å². The molecule has 2 aliphatic rings. The Morgan fingerprint density at radius 2 is 1.85 bits per heavy atom. The summed E-state index contributed by atoms with van der Waals surface area (Å²) in [5, 5.41) is 2.08. The Kier molecular flexibility index (Phi) is 4.95. The summed E-state index contributed by atoms with van der Waals surface area (Å²) in [6.45, 7) is 15.1. The van der Waals surface area contributed by atoms with E-state index in [2.05, 4.69) is 45.2 Å². The molecule has 7 heteroatoms. The van der Waals surface area contributed by atoms with Crippen LogP contribution in [0.5, 0.6) is 0 Å². The SMILES string of the molecule is CC(C)(C)OC(=O)N1CC(B2OC(C)(C)C(C)(C)O2)C(c2cccs2)C1. The molecule has 5 nitrogen and oxygen atoms in total. The van der Waals surface area contributed by atoms with Crippen LogP contribution >= 0.6 is 11.3 Å². The van der Waals surface area contributed by atoms with Gasteiger partial charge in [-0.25, -0.2) is 4.79 Å². The fourth-order valence-corrected chi connectivity index (χ4v) is 4.34. The lowest BCUT2D eigenvalue weighted by Gasteiger charge is -2.32. The van der Waals surface area contributed by atoms with Gasteiger partial charge in [0.15, 0.2) is 0 Å². The molecule has 2 atom stereocenters. The standard InChI is InChI=1S/C19H30BNO4S/c1-17(2,3)23-16(22)21-11-13(15-9-8-10-26-15)14(12-21)20-24-18(4,5)19(6,7)25-20/h8-10,13-14H,11-12H2,1-7H3. The first-order valence-corrected chi connectivity index (χ1v) is 10.1. The monoisotopic (exact) mass is 379 g/mol. The summed E-state index contributed by atoms with van der Waals surface area (Å²) in [7, 11) is -0.334. The summed E-state index contributed by atoms with van der Waals surface area (Å²) in [6.07, 6.45) is -0.266. The molecular formula is C19H30BNO4S. The van der Waals surface area contributed by atoms with Crippen molar-refractivity contribution >= 4 is 24.5 Å². The quantitative estimate of drug-likeness (QED) is 0.708. The van der Waals surface area contributed by atoms with Gasteiger partial charge >= 0.3 is 13.2 Å². The Bertz CT molecular complexity index is 637. The summed E-state index contributed by atoms with van der Waals surface area (Å²) >= 11 is 1.72. The second-order valence-electron chi connectivity index (χ2n) is 9.30. The minimum Gasteiger partial charge on any atom is -0.444 e. The van der Waals surface area contributed by atoms with E-state index >= 15 is 0 Å². The first-order valence-electron chi connectivity index (χ1n) is 9.27. The molecule has 1 amide bonds. The molecule has 2 saturated heterocycles. The van der Waals surface area contributed by atoms with Gasteiger partial charge in [0.1, 0.15) is 5.60 Å². The van der Waals surface area contributed by atoms with Gasteiger partial charge in [-0.1, -0.05) is 6.07 Å². The van der Waals surface area contributed by atoms with Gasteiger partial charge in [-0.2, -0.15) is 0 Å². The van der Waals surface area contributed by atoms with E-state index in [1.165, 1.54) is 4.88 Å². The molecule has 0 N–H and O–H groups in total. The zero-order valence-corrected chi connectivity index (χ0v) is 17.7. The molecule has 0 aliphatic carbocycles. The van der Waals surface area contributed by atoms with E-state index < -0.39 is 5.60 Å². The minimum absolute atomic E-state index is 0.0854. The predicted molar refractivity (Wildman–Crippen MR) is 105 cm³/mol. The van der Waals surface area contributed by atoms with Crippen molar-refractivity contribution in [1.82, 2.24) is 4.90 Å². The van der Waals surface area contributed by atoms with Gasteiger partial charge < -0.3 is 18.9 Å². The fourth-order valence-electron chi connectivity index (χ4n) is 3.45. The van der Waals surface area contributed by atoms with E-state index in [9.17, 15) is 4.79 Å². The van der Waals surface area contributed by atoms with E-state index in [1.54, 1.807) is 16.2 Å². The largest absolute Gasteiger partial charge is 0.463 e. The van der Waals surface area contributed by atoms with Crippen molar-refractivity contribution < 1.29 is 18.8 Å². The van der Waals surface area contributed by atoms with Crippen molar-refractivity contribution in [3.05, 3.63) is 22.4 Å². The van der Waals surface area contributed by atoms with E-state index in [0.717, 1.165) is 0 Å². The van der Waals surface area contributed by atoms with Gasteiger partial charge in [0.25, 0.3) is 0 Å². The molecule has 0 radical (unpaired) electrons. The molecule has 1 aromatic heterocycles. The number of thiophene rings is 1. The number of hydrogen-bond acceptors (Lipinski definition) is 5. The van der Waals surface area contributed by atoms with Gasteiger partial charge in [-0.05, 0) is 59.9 Å². The molecule has 2 aliphatic heterocycles. The van der Waals surface area contributed by atoms with Crippen LogP contribution in [0.4, 0.5) is 4.79 Å². The van der Waals surface area contributed by atoms with Gasteiger partial charge in [0, 0.05) is 29.7 Å². The summed E-state index contributed by atoms with van der Waals surface area (Å²) in [5.41, 5.74) is -1.26. The fraction of sp³-hybridized carbons (Fsp3) is 0.737. The Morgan fingerprint density at radius 3 is 2.35 bits per heavy atom. The molecule has 1 aromatic rings. The second kappa shape index (κ2) is 6.53. The third kappa shape index (κ3) is 3.80. The number of hydrogen-bond donors (Lipinski definition) is 0. The molecule has 0 bridgehead atoms. The van der Waals surface area contributed by atoms with Crippen molar-refractivity contribution in [2.45, 2.75) is 77.0 Å². The van der Waals surface area contributed by atoms with E-state index in [4.69, 9.17) is 14.0 Å². The lowest BCUT2D eigenvalue weighted by Crippen LogP contribution is -2.41. The lowest BCUT2D eigenvalue weighted by molar-refractivity contribution is 0.00578. The van der Waals surface area contributed by atoms with E-state index in [1.807, 2.05) is 20.8 Å². The number of amides is 1. The van der Waals surface area contributed by atoms with Crippen LogP contribution in [-0.4, -0.2) is 48.0 Å². The molecular weight excluding hydrogens is 349 g/mol. The van der Waals surface area contributed by atoms with Gasteiger partial charge in [-0.15, -0.1) is 11.3 Å². The maximum atomic E-state index is 12.6. The Balaban J connectivity index is 1.82. The average Bonchev–Trinajstić information content (AvgIpc) is 3.16. The van der Waals surface area contributed by atoms with Crippen molar-refractivity contribution in [2.24, 2.45) is 0 Å². The minimum atomic E-state index is -0.502. The predicted octanol–water partition coefficient (Wildman–Crippen LogP) is 4.54. The number of nitrogens with zero attached hydrogens (tertiary/aromatic N) is 1. The molecule has 3 rings (SSSR count). The summed E-state index contributed by atoms with van der Waals surface area (Å²) in [5.74, 6) is 0.277. The first kappa shape index (κ1) is 19.7. The topological polar surface area (TPSA) is 48.0 Å². The van der Waals surface area contributed by atoms with Crippen LogP contribution in [0.2, 0.25) is 5.82 Å². The number of likely N-dealkylation sites (tertiary alicyclic amines) is 1. The first-order chi connectivity index (χ1) is 11.9. The highest BCUT2D eigenvalue weighted by Crippen LogP contribution is 2.47.